The highest BCUT2D eigenvalue weighted by molar-refractivity contribution is 8.14. The number of benzene rings is 2. The van der Waals surface area contributed by atoms with E-state index in [1.54, 1.807) is 0 Å². The number of rotatable bonds is 27. The highest BCUT2D eigenvalue weighted by Crippen LogP contribution is 2.61. The third-order valence-electron chi connectivity index (χ3n) is 11.4. The lowest BCUT2D eigenvalue weighted by atomic mass is 9.87. The molecule has 1 saturated heterocycles. The SMILES string of the molecule is CC(C)(COP(=O)(O)OP(=O)(O)OCC1OC(n2cnc3c(N)ncnc32)C(O)C1OP(=O)(O)O)C(O)C(=O)NCCC(=O)NCCSC(=O)c1cc(=O)c2cc(OCC(O)COc3cccc4oc(C(=O)O)cc(=O)c34)ccc2o1. The van der Waals surface area contributed by atoms with E-state index >= 15 is 0 Å². The van der Waals surface area contributed by atoms with Crippen LogP contribution in [0.4, 0.5) is 5.82 Å². The van der Waals surface area contributed by atoms with Crippen molar-refractivity contribution in [3.63, 3.8) is 0 Å². The molecule has 2 amide bonds. The second-order valence-electron chi connectivity index (χ2n) is 18.0. The van der Waals surface area contributed by atoms with Crippen molar-refractivity contribution in [3.8, 4) is 11.5 Å². The maximum Gasteiger partial charge on any atom is 0.481 e. The summed E-state index contributed by atoms with van der Waals surface area (Å²) in [5, 5.41) is 45.5. The van der Waals surface area contributed by atoms with Crippen LogP contribution in [0.5, 0.6) is 11.5 Å². The third kappa shape index (κ3) is 16.1. The molecule has 0 bridgehead atoms. The van der Waals surface area contributed by atoms with Crippen molar-refractivity contribution in [2.24, 2.45) is 5.41 Å². The van der Waals surface area contributed by atoms with Crippen LogP contribution in [0, 0.1) is 5.41 Å². The van der Waals surface area contributed by atoms with Gasteiger partial charge in [-0.1, -0.05) is 31.7 Å². The van der Waals surface area contributed by atoms with Crippen molar-refractivity contribution in [1.82, 2.24) is 30.2 Å². The van der Waals surface area contributed by atoms with Crippen LogP contribution in [0.3, 0.4) is 0 Å². The van der Waals surface area contributed by atoms with E-state index in [2.05, 4.69) is 34.4 Å². The minimum absolute atomic E-state index is 0.00265. The molecule has 0 aliphatic carbocycles. The number of carboxylic acid groups (broad SMARTS) is 1. The standard InChI is InChI=1S/C44H50N7O26P3S/c1-44(2,18-72-80(67,68)77-79(65,66)71-17-31-36(76-78(62,63)64)35(56)41(75-31)51-20-50-34-38(45)48-19-49-39(34)51)37(57)40(58)47-9-8-32(55)46-10-11-81-43(61)30-13-24(53)23-12-22(6-7-26(23)73-30)69-15-21(52)16-70-27-4-3-5-28-33(27)25(54)14-29(74-28)42(59)60/h3-7,12-14,19-21,31,35-37,41,52,56-57H,8-11,15-18H2,1-2H3,(H,46,55)(H,47,58)(H,59,60)(H,65,66)(H,67,68)(H2,45,48,49)(H2,62,63,64). The van der Waals surface area contributed by atoms with Gasteiger partial charge >= 0.3 is 29.4 Å². The zero-order chi connectivity index (χ0) is 59.2. The maximum absolute atomic E-state index is 13.0. The summed E-state index contributed by atoms with van der Waals surface area (Å²) in [6, 6.07) is 10.2. The highest BCUT2D eigenvalue weighted by atomic mass is 32.2. The van der Waals surface area contributed by atoms with Gasteiger partial charge in [0, 0.05) is 42.8 Å². The van der Waals surface area contributed by atoms with E-state index < -0.39 is 118 Å². The Morgan fingerprint density at radius 1 is 0.877 bits per heavy atom. The van der Waals surface area contributed by atoms with Crippen LogP contribution < -0.4 is 36.7 Å². The normalized spacial score (nSPS) is 18.9. The van der Waals surface area contributed by atoms with Crippen molar-refractivity contribution < 1.29 is 114 Å². The van der Waals surface area contributed by atoms with Crippen molar-refractivity contribution in [3.05, 3.63) is 93.2 Å². The number of nitrogen functional groups attached to an aromatic ring is 1. The molecule has 6 aromatic rings. The number of aliphatic hydroxyl groups excluding tert-OH is 3. The zero-order valence-corrected chi connectivity index (χ0v) is 45.4. The lowest BCUT2D eigenvalue weighted by Crippen LogP contribution is -2.46. The van der Waals surface area contributed by atoms with Crippen molar-refractivity contribution in [2.75, 3.05) is 51.0 Å². The number of phosphoric acid groups is 3. The molecular weight excluding hydrogens is 1170 g/mol. The minimum Gasteiger partial charge on any atom is -0.491 e. The van der Waals surface area contributed by atoms with Crippen molar-refractivity contribution in [1.29, 1.82) is 0 Å². The molecule has 33 nitrogen and oxygen atoms in total. The Balaban J connectivity index is 0.796. The fourth-order valence-corrected chi connectivity index (χ4v) is 11.0. The molecule has 1 fully saturated rings. The number of imidazole rings is 1. The van der Waals surface area contributed by atoms with Gasteiger partial charge in [0.15, 0.2) is 34.3 Å². The zero-order valence-electron chi connectivity index (χ0n) is 41.9. The Morgan fingerprint density at radius 3 is 2.31 bits per heavy atom. The number of aliphatic hydroxyl groups is 3. The molecule has 0 radical (unpaired) electrons. The predicted octanol–water partition coefficient (Wildman–Crippen LogP) is 0.708. The lowest BCUT2D eigenvalue weighted by molar-refractivity contribution is -0.137. The molecule has 12 N–H and O–H groups in total. The quantitative estimate of drug-likeness (QED) is 0.0250. The number of hydrogen-bond donors (Lipinski definition) is 11. The van der Waals surface area contributed by atoms with Gasteiger partial charge in [-0.15, -0.1) is 0 Å². The van der Waals surface area contributed by atoms with E-state index in [9.17, 15) is 77.4 Å². The Labute approximate surface area is 457 Å². The molecule has 0 saturated carbocycles. The fourth-order valence-electron chi connectivity index (χ4n) is 7.50. The number of amides is 2. The summed E-state index contributed by atoms with van der Waals surface area (Å²) >= 11 is 0.718. The number of carbonyl (C=O) groups is 4. The summed E-state index contributed by atoms with van der Waals surface area (Å²) in [5.74, 6) is -3.79. The molecule has 81 heavy (non-hydrogen) atoms. The molecule has 1 aliphatic rings. The van der Waals surface area contributed by atoms with Crippen LogP contribution >= 0.6 is 35.2 Å². The molecule has 8 atom stereocenters. The molecule has 2 aromatic carbocycles. The van der Waals surface area contributed by atoms with Crippen LogP contribution in [0.15, 0.2) is 79.6 Å². The summed E-state index contributed by atoms with van der Waals surface area (Å²) in [6.45, 7) is -0.767. The number of nitrogens with one attached hydrogen (secondary N) is 2. The van der Waals surface area contributed by atoms with Crippen LogP contribution in [0.25, 0.3) is 33.1 Å². The van der Waals surface area contributed by atoms with Gasteiger partial charge in [0.2, 0.25) is 17.6 Å². The van der Waals surface area contributed by atoms with E-state index in [-0.39, 0.29) is 94.7 Å². The van der Waals surface area contributed by atoms with E-state index in [0.29, 0.717) is 0 Å². The van der Waals surface area contributed by atoms with Gasteiger partial charge in [-0.3, -0.25) is 42.1 Å². The molecule has 5 heterocycles. The number of carboxylic acids is 1. The molecule has 438 valence electrons. The second kappa shape index (κ2) is 25.7. The van der Waals surface area contributed by atoms with Crippen molar-refractivity contribution in [2.45, 2.75) is 57.0 Å². The average Bonchev–Trinajstić information content (AvgIpc) is 4.03. The summed E-state index contributed by atoms with van der Waals surface area (Å²) in [7, 11) is -16.6. The number of anilines is 1. The van der Waals surface area contributed by atoms with E-state index in [1.807, 2.05) is 0 Å². The summed E-state index contributed by atoms with van der Waals surface area (Å²) in [4.78, 5) is 126. The van der Waals surface area contributed by atoms with Crippen LogP contribution in [0.2, 0.25) is 0 Å². The minimum atomic E-state index is -5.64. The Hall–Kier alpha value is -6.55. The average molecular weight is 1220 g/mol. The van der Waals surface area contributed by atoms with Crippen LogP contribution in [-0.4, -0.2) is 158 Å². The number of hydrogen-bond acceptors (Lipinski definition) is 26. The first-order valence-corrected chi connectivity index (χ1v) is 28.9. The van der Waals surface area contributed by atoms with Crippen LogP contribution in [0.1, 0.15) is 47.6 Å². The van der Waals surface area contributed by atoms with E-state index in [4.69, 9.17) is 42.9 Å². The van der Waals surface area contributed by atoms with Gasteiger partial charge in [0.1, 0.15) is 83.6 Å². The van der Waals surface area contributed by atoms with E-state index in [0.717, 1.165) is 41.1 Å². The highest BCUT2D eigenvalue weighted by Gasteiger charge is 2.50. The van der Waals surface area contributed by atoms with Gasteiger partial charge in [-0.25, -0.2) is 33.4 Å². The number of nitrogens with two attached hydrogens (primary N) is 1. The molecular formula is C44H50N7O26P3S. The summed E-state index contributed by atoms with van der Waals surface area (Å²) in [5.41, 5.74) is 2.87. The first-order valence-electron chi connectivity index (χ1n) is 23.4. The Bertz CT molecular complexity index is 3610. The number of phosphoric ester groups is 3. The number of aromatic carboxylic acids is 1. The fraction of sp³-hybridized carbons (Fsp3) is 0.386. The van der Waals surface area contributed by atoms with Gasteiger partial charge < -0.3 is 79.4 Å². The monoisotopic (exact) mass is 1220 g/mol. The lowest BCUT2D eigenvalue weighted by Gasteiger charge is -2.30. The van der Waals surface area contributed by atoms with Gasteiger partial charge in [-0.2, -0.15) is 4.31 Å². The van der Waals surface area contributed by atoms with Crippen LogP contribution in [-0.2, 0) is 45.9 Å². The molecule has 7 rings (SSSR count). The number of carbonyl (C=O) groups excluding carboxylic acids is 3. The first kappa shape index (κ1) is 62.1. The summed E-state index contributed by atoms with van der Waals surface area (Å²) in [6.07, 6.45) is -8.60. The largest absolute Gasteiger partial charge is 0.491 e. The Morgan fingerprint density at radius 2 is 1.58 bits per heavy atom. The van der Waals surface area contributed by atoms with E-state index in [1.165, 1.54) is 50.2 Å². The molecule has 8 unspecified atom stereocenters. The second-order valence-corrected chi connectivity index (χ2v) is 23.3. The topological polar surface area (TPSA) is 500 Å². The Kier molecular flexibility index (Phi) is 19.7. The number of nitrogens with zero attached hydrogens (tertiary/aromatic N) is 4. The van der Waals surface area contributed by atoms with Gasteiger partial charge in [0.05, 0.1) is 24.9 Å². The first-order chi connectivity index (χ1) is 38.0. The summed E-state index contributed by atoms with van der Waals surface area (Å²) < 4.78 is 84.6. The molecule has 4 aromatic heterocycles. The third-order valence-corrected chi connectivity index (χ3v) is 15.4. The molecule has 37 heteroatoms. The number of fused-ring (bicyclic) bond motifs is 3. The number of ether oxygens (including phenoxy) is 3. The molecule has 0 spiro atoms. The van der Waals surface area contributed by atoms with Crippen molar-refractivity contribution >= 4 is 97.0 Å². The van der Waals surface area contributed by atoms with Gasteiger partial charge in [0.25, 0.3) is 5.12 Å². The predicted molar refractivity (Wildman–Crippen MR) is 275 cm³/mol. The number of aromatic nitrogens is 4. The molecule has 1 aliphatic heterocycles. The number of thioether (sulfide) groups is 1. The van der Waals surface area contributed by atoms with Gasteiger partial charge in [-0.05, 0) is 30.3 Å². The maximum atomic E-state index is 13.0. The smallest absolute Gasteiger partial charge is 0.481 e.